The van der Waals surface area contributed by atoms with Crippen LogP contribution < -0.4 is 21.0 Å². The normalized spacial score (nSPS) is 17.2. The van der Waals surface area contributed by atoms with Gasteiger partial charge in [-0.25, -0.2) is 0 Å². The van der Waals surface area contributed by atoms with Crippen LogP contribution in [0.3, 0.4) is 0 Å². The lowest BCUT2D eigenvalue weighted by Crippen LogP contribution is -2.21. The Hall–Kier alpha value is -3.29. The van der Waals surface area contributed by atoms with Crippen LogP contribution in [0.4, 0.5) is 5.69 Å². The van der Waals surface area contributed by atoms with Crippen LogP contribution in [0.25, 0.3) is 12.3 Å². The highest BCUT2D eigenvalue weighted by molar-refractivity contribution is 9.10. The van der Waals surface area contributed by atoms with E-state index < -0.39 is 11.2 Å². The molecule has 2 aromatic heterocycles. The quantitative estimate of drug-likeness (QED) is 0.417. The van der Waals surface area contributed by atoms with E-state index in [-0.39, 0.29) is 28.2 Å². The molecule has 1 aliphatic heterocycles. The van der Waals surface area contributed by atoms with Crippen LogP contribution in [0.1, 0.15) is 11.3 Å². The van der Waals surface area contributed by atoms with Gasteiger partial charge in [-0.05, 0) is 36.4 Å². The van der Waals surface area contributed by atoms with Crippen molar-refractivity contribution in [3.05, 3.63) is 66.2 Å². The number of amides is 2. The monoisotopic (exact) mass is 547 g/mol. The van der Waals surface area contributed by atoms with E-state index in [9.17, 15) is 19.5 Å². The van der Waals surface area contributed by atoms with Crippen molar-refractivity contribution in [2.45, 2.75) is 11.7 Å². The number of nitrogens with zero attached hydrogens (tertiary/aromatic N) is 3. The number of aromatic hydroxyl groups is 1. The predicted molar refractivity (Wildman–Crippen MR) is 129 cm³/mol. The van der Waals surface area contributed by atoms with Crippen molar-refractivity contribution in [2.75, 3.05) is 5.32 Å². The first-order valence-electron chi connectivity index (χ1n) is 9.31. The molecule has 2 amide bonds. The molecule has 168 valence electrons. The van der Waals surface area contributed by atoms with Gasteiger partial charge in [-0.3, -0.25) is 19.4 Å². The van der Waals surface area contributed by atoms with Crippen LogP contribution in [0, 0.1) is 0 Å². The molecule has 4 rings (SSSR count). The summed E-state index contributed by atoms with van der Waals surface area (Å²) in [5.74, 6) is -0.978. The lowest BCUT2D eigenvalue weighted by atomic mass is 10.2. The maximum Gasteiger partial charge on any atom is 0.307 e. The number of aromatic nitrogens is 1. The third kappa shape index (κ3) is 6.15. The molecule has 3 heterocycles. The first-order chi connectivity index (χ1) is 15.9. The number of hydrogen-bond acceptors (Lipinski definition) is 9. The molecule has 3 aromatic rings. The van der Waals surface area contributed by atoms with Crippen LogP contribution in [-0.2, 0) is 9.59 Å². The topological polar surface area (TPSA) is 149 Å². The van der Waals surface area contributed by atoms with E-state index in [1.54, 1.807) is 36.4 Å². The smallest absolute Gasteiger partial charge is 0.307 e. The number of aromatic amines is 1. The van der Waals surface area contributed by atoms with Gasteiger partial charge in [-0.15, -0.1) is 5.11 Å². The number of H-pyrrole nitrogens is 1. The minimum absolute atomic E-state index is 0.0404. The molecule has 13 heteroatoms. The van der Waals surface area contributed by atoms with Gasteiger partial charge in [0.25, 0.3) is 5.91 Å². The number of benzene rings is 1. The van der Waals surface area contributed by atoms with Crippen molar-refractivity contribution < 1.29 is 19.1 Å². The fourth-order valence-electron chi connectivity index (χ4n) is 2.67. The molecular formula is C20H14BrN5O5S2. The Morgan fingerprint density at radius 1 is 1.24 bits per heavy atom. The summed E-state index contributed by atoms with van der Waals surface area (Å²) in [4.78, 5) is 41.6. The number of rotatable bonds is 5. The molecule has 0 saturated carbocycles. The summed E-state index contributed by atoms with van der Waals surface area (Å²) in [6, 6.07) is 10.4. The first-order valence-corrected chi connectivity index (χ1v) is 11.8. The average Bonchev–Trinajstić information content (AvgIpc) is 3.44. The maximum atomic E-state index is 12.2. The van der Waals surface area contributed by atoms with E-state index in [0.717, 1.165) is 27.6 Å². The summed E-state index contributed by atoms with van der Waals surface area (Å²) in [5.41, 5.74) is 1.40. The second-order valence-corrected chi connectivity index (χ2v) is 9.66. The Morgan fingerprint density at radius 2 is 2.00 bits per heavy atom. The summed E-state index contributed by atoms with van der Waals surface area (Å²) >= 11 is 5.24. The number of azo groups is 1. The van der Waals surface area contributed by atoms with Gasteiger partial charge in [0, 0.05) is 22.7 Å². The van der Waals surface area contributed by atoms with E-state index in [2.05, 4.69) is 41.5 Å². The molecule has 0 spiro atoms. The number of halogens is 1. The summed E-state index contributed by atoms with van der Waals surface area (Å²) in [6.45, 7) is 0. The number of carbonyl (C=O) groups is 2. The SMILES string of the molecule is O=C(CC1SC(N=N/C=c2/cc/c(=C\c3sc(=O)[nH]c3O)o2)=NC1=O)Nc1ccc(Br)cc1. The molecule has 0 fully saturated rings. The number of nitrogens with one attached hydrogen (secondary N) is 2. The first kappa shape index (κ1) is 22.9. The van der Waals surface area contributed by atoms with Crippen molar-refractivity contribution in [3.8, 4) is 5.88 Å². The van der Waals surface area contributed by atoms with Crippen LogP contribution >= 0.6 is 39.0 Å². The van der Waals surface area contributed by atoms with Gasteiger partial charge in [-0.1, -0.05) is 39.0 Å². The van der Waals surface area contributed by atoms with E-state index in [1.807, 2.05) is 0 Å². The van der Waals surface area contributed by atoms with Crippen LogP contribution in [-0.4, -0.2) is 32.3 Å². The highest BCUT2D eigenvalue weighted by atomic mass is 79.9. The lowest BCUT2D eigenvalue weighted by molar-refractivity contribution is -0.121. The zero-order chi connectivity index (χ0) is 23.4. The minimum Gasteiger partial charge on any atom is -0.493 e. The third-order valence-electron chi connectivity index (χ3n) is 4.13. The van der Waals surface area contributed by atoms with Crippen molar-refractivity contribution in [1.82, 2.24) is 4.98 Å². The number of furan rings is 1. The summed E-state index contributed by atoms with van der Waals surface area (Å²) in [7, 11) is 0. The Bertz CT molecular complexity index is 1440. The number of anilines is 1. The van der Waals surface area contributed by atoms with Crippen molar-refractivity contribution in [1.29, 1.82) is 0 Å². The molecule has 1 aliphatic rings. The van der Waals surface area contributed by atoms with E-state index in [1.165, 1.54) is 12.3 Å². The Labute approximate surface area is 202 Å². The molecule has 1 atom stereocenters. The number of aliphatic imine (C=N–C) groups is 1. The molecule has 0 saturated heterocycles. The zero-order valence-electron chi connectivity index (χ0n) is 16.5. The van der Waals surface area contributed by atoms with Gasteiger partial charge < -0.3 is 14.8 Å². The number of hydrogen-bond donors (Lipinski definition) is 3. The number of amidine groups is 1. The van der Waals surface area contributed by atoms with Gasteiger partial charge >= 0.3 is 4.87 Å². The second kappa shape index (κ2) is 10.1. The highest BCUT2D eigenvalue weighted by Gasteiger charge is 2.30. The van der Waals surface area contributed by atoms with Gasteiger partial charge in [0.1, 0.15) is 16.1 Å². The van der Waals surface area contributed by atoms with E-state index in [4.69, 9.17) is 4.42 Å². The predicted octanol–water partition coefficient (Wildman–Crippen LogP) is 2.54. The molecular weight excluding hydrogens is 534 g/mol. The fourth-order valence-corrected chi connectivity index (χ4v) is 4.48. The van der Waals surface area contributed by atoms with Crippen molar-refractivity contribution in [3.63, 3.8) is 0 Å². The summed E-state index contributed by atoms with van der Waals surface area (Å²) < 4.78 is 6.41. The van der Waals surface area contributed by atoms with E-state index in [0.29, 0.717) is 21.4 Å². The average molecular weight is 548 g/mol. The molecule has 0 aliphatic carbocycles. The Balaban J connectivity index is 1.35. The Kier molecular flexibility index (Phi) is 7.01. The van der Waals surface area contributed by atoms with Gasteiger partial charge in [0.15, 0.2) is 0 Å². The molecule has 1 unspecified atom stereocenters. The lowest BCUT2D eigenvalue weighted by Gasteiger charge is -2.07. The summed E-state index contributed by atoms with van der Waals surface area (Å²) in [6.07, 6.45) is 2.80. The molecule has 0 radical (unpaired) electrons. The minimum atomic E-state index is -0.666. The maximum absolute atomic E-state index is 12.2. The zero-order valence-corrected chi connectivity index (χ0v) is 19.7. The molecule has 0 bridgehead atoms. The third-order valence-corrected chi connectivity index (χ3v) is 6.52. The van der Waals surface area contributed by atoms with Crippen LogP contribution in [0.5, 0.6) is 5.88 Å². The van der Waals surface area contributed by atoms with Gasteiger partial charge in [0.05, 0.1) is 11.1 Å². The molecule has 10 nitrogen and oxygen atoms in total. The highest BCUT2D eigenvalue weighted by Crippen LogP contribution is 2.26. The van der Waals surface area contributed by atoms with E-state index >= 15 is 0 Å². The van der Waals surface area contributed by atoms with Crippen LogP contribution in [0.2, 0.25) is 0 Å². The number of carbonyl (C=O) groups excluding carboxylic acids is 2. The van der Waals surface area contributed by atoms with Crippen molar-refractivity contribution in [2.24, 2.45) is 15.2 Å². The molecule has 33 heavy (non-hydrogen) atoms. The largest absolute Gasteiger partial charge is 0.493 e. The fraction of sp³-hybridized carbons (Fsp3) is 0.100. The standard InChI is InChI=1S/C20H14BrN5O5S2/c21-10-1-3-11(4-2-10)23-16(27)8-15-17(28)24-19(32-15)26-22-9-13-6-5-12(31-13)7-14-18(29)25-20(30)33-14/h1-7,9,15,29H,8H2,(H,23,27)(H,25,30)/b12-7+,13-9-,26-22?. The number of thioether (sulfide) groups is 1. The van der Waals surface area contributed by atoms with Crippen molar-refractivity contribution >= 4 is 74.0 Å². The second-order valence-electron chi connectivity index (χ2n) is 6.55. The molecule has 1 aromatic carbocycles. The Morgan fingerprint density at radius 3 is 2.73 bits per heavy atom. The molecule has 3 N–H and O–H groups in total. The van der Waals surface area contributed by atoms with Crippen LogP contribution in [0.15, 0.2) is 65.3 Å². The number of thiazole rings is 1. The van der Waals surface area contributed by atoms with Gasteiger partial charge in [-0.2, -0.15) is 10.1 Å². The summed E-state index contributed by atoms with van der Waals surface area (Å²) in [5, 5.41) is 19.6. The van der Waals surface area contributed by atoms with Gasteiger partial charge in [0.2, 0.25) is 17.0 Å².